The summed E-state index contributed by atoms with van der Waals surface area (Å²) in [6.07, 6.45) is 3.74. The molecule has 25 heavy (non-hydrogen) atoms. The summed E-state index contributed by atoms with van der Waals surface area (Å²) < 4.78 is 1.86. The van der Waals surface area contributed by atoms with E-state index >= 15 is 0 Å². The van der Waals surface area contributed by atoms with Crippen LogP contribution in [0, 0.1) is 19.8 Å². The lowest BCUT2D eigenvalue weighted by atomic mass is 10.0. The van der Waals surface area contributed by atoms with Gasteiger partial charge in [0.1, 0.15) is 11.3 Å². The number of pyridine rings is 1. The van der Waals surface area contributed by atoms with E-state index in [4.69, 9.17) is 0 Å². The van der Waals surface area contributed by atoms with Crippen molar-refractivity contribution in [2.45, 2.75) is 26.4 Å². The molecular weight excluding hydrogens is 318 g/mol. The highest BCUT2D eigenvalue weighted by molar-refractivity contribution is 5.93. The Kier molecular flexibility index (Phi) is 3.80. The van der Waals surface area contributed by atoms with E-state index in [0.717, 1.165) is 22.6 Å². The van der Waals surface area contributed by atoms with Gasteiger partial charge in [0.15, 0.2) is 0 Å². The summed E-state index contributed by atoms with van der Waals surface area (Å²) in [5.41, 5.74) is 4.14. The number of rotatable bonds is 3. The number of nitrogens with one attached hydrogen (secondary N) is 1. The van der Waals surface area contributed by atoms with Crippen LogP contribution in [0.15, 0.2) is 30.6 Å². The number of carbonyl (C=O) groups excluding carboxylic acids is 1. The Balaban J connectivity index is 1.51. The molecule has 1 aliphatic rings. The van der Waals surface area contributed by atoms with Crippen molar-refractivity contribution in [3.05, 3.63) is 53.2 Å². The van der Waals surface area contributed by atoms with Crippen LogP contribution in [-0.2, 0) is 6.42 Å². The van der Waals surface area contributed by atoms with Crippen LogP contribution in [0.4, 0.5) is 0 Å². The van der Waals surface area contributed by atoms with Gasteiger partial charge in [0.25, 0.3) is 5.91 Å². The molecule has 0 aliphatic carbocycles. The first-order valence-corrected chi connectivity index (χ1v) is 8.44. The van der Waals surface area contributed by atoms with Crippen molar-refractivity contribution in [2.24, 2.45) is 5.92 Å². The minimum Gasteiger partial charge on any atom is -0.391 e. The molecule has 4 rings (SSSR count). The Hall–Kier alpha value is -2.67. The number of aliphatic hydroxyl groups is 1. The Labute approximate surface area is 145 Å². The third kappa shape index (κ3) is 2.91. The Bertz CT molecular complexity index is 929. The normalized spacial score (nSPS) is 20.5. The molecule has 7 heteroatoms. The number of hydrogen-bond donors (Lipinski definition) is 2. The lowest BCUT2D eigenvalue weighted by Crippen LogP contribution is -2.29. The Morgan fingerprint density at radius 1 is 1.40 bits per heavy atom. The highest BCUT2D eigenvalue weighted by Crippen LogP contribution is 2.23. The predicted molar refractivity (Wildman–Crippen MR) is 92.4 cm³/mol. The quantitative estimate of drug-likeness (QED) is 0.754. The molecule has 3 aromatic heterocycles. The fraction of sp³-hybridized carbons (Fsp3) is 0.389. The van der Waals surface area contributed by atoms with Gasteiger partial charge in [0.2, 0.25) is 0 Å². The number of aromatic amines is 1. The standard InChI is InChI=1S/C18H21N5O2/c1-11-4-3-5-22-9-15(19-17(11)22)18(25)23-8-13(16(24)10-23)7-14-6-12(2)20-21-14/h3-6,9,13,16,24H,7-8,10H2,1-2H3,(H,20,21)/t13-,16-/m1/s1. The van der Waals surface area contributed by atoms with Crippen molar-refractivity contribution < 1.29 is 9.90 Å². The molecule has 0 unspecified atom stereocenters. The van der Waals surface area contributed by atoms with Crippen molar-refractivity contribution >= 4 is 11.6 Å². The number of nitrogens with zero attached hydrogens (tertiary/aromatic N) is 4. The lowest BCUT2D eigenvalue weighted by molar-refractivity contribution is 0.0759. The molecule has 2 atom stereocenters. The van der Waals surface area contributed by atoms with Crippen LogP contribution in [0.25, 0.3) is 5.65 Å². The van der Waals surface area contributed by atoms with E-state index in [1.165, 1.54) is 0 Å². The van der Waals surface area contributed by atoms with E-state index in [2.05, 4.69) is 15.2 Å². The van der Waals surface area contributed by atoms with Crippen LogP contribution in [0.1, 0.15) is 27.4 Å². The van der Waals surface area contributed by atoms with Crippen molar-refractivity contribution in [1.82, 2.24) is 24.5 Å². The second-order valence-electron chi connectivity index (χ2n) is 6.83. The Morgan fingerprint density at radius 3 is 2.96 bits per heavy atom. The summed E-state index contributed by atoms with van der Waals surface area (Å²) >= 11 is 0. The third-order valence-electron chi connectivity index (χ3n) is 4.82. The minimum atomic E-state index is -0.542. The number of β-amino-alcohol motifs (C(OH)–C–C–N with tert-alkyl or cyclic N) is 1. The molecule has 2 N–H and O–H groups in total. The highest BCUT2D eigenvalue weighted by Gasteiger charge is 2.35. The molecule has 1 amide bonds. The van der Waals surface area contributed by atoms with Gasteiger partial charge in [-0.1, -0.05) is 6.07 Å². The average Bonchev–Trinajstić information content (AvgIpc) is 3.27. The summed E-state index contributed by atoms with van der Waals surface area (Å²) in [5.74, 6) is -0.145. The lowest BCUT2D eigenvalue weighted by Gasteiger charge is -2.14. The molecule has 0 bridgehead atoms. The maximum atomic E-state index is 12.8. The van der Waals surface area contributed by atoms with Gasteiger partial charge in [-0.05, 0) is 38.0 Å². The number of H-pyrrole nitrogens is 1. The molecule has 4 heterocycles. The van der Waals surface area contributed by atoms with Crippen molar-refractivity contribution in [1.29, 1.82) is 0 Å². The molecule has 3 aromatic rings. The SMILES string of the molecule is Cc1cc(C[C@@H]2CN(C(=O)c3cn4cccc(C)c4n3)C[C@H]2O)n[nH]1. The number of aliphatic hydroxyl groups excluding tert-OH is 1. The van der Waals surface area contributed by atoms with Crippen LogP contribution >= 0.6 is 0 Å². The van der Waals surface area contributed by atoms with Crippen LogP contribution < -0.4 is 0 Å². The van der Waals surface area contributed by atoms with Gasteiger partial charge in [0.05, 0.1) is 11.8 Å². The molecule has 130 valence electrons. The molecule has 0 saturated carbocycles. The third-order valence-corrected chi connectivity index (χ3v) is 4.82. The number of aryl methyl sites for hydroxylation is 2. The van der Waals surface area contributed by atoms with E-state index in [0.29, 0.717) is 25.2 Å². The van der Waals surface area contributed by atoms with E-state index in [1.54, 1.807) is 11.1 Å². The van der Waals surface area contributed by atoms with Crippen molar-refractivity contribution in [3.8, 4) is 0 Å². The fourth-order valence-corrected chi connectivity index (χ4v) is 3.49. The van der Waals surface area contributed by atoms with Crippen LogP contribution in [0.3, 0.4) is 0 Å². The van der Waals surface area contributed by atoms with Crippen LogP contribution in [0.5, 0.6) is 0 Å². The molecule has 7 nitrogen and oxygen atoms in total. The Morgan fingerprint density at radius 2 is 2.24 bits per heavy atom. The monoisotopic (exact) mass is 339 g/mol. The average molecular weight is 339 g/mol. The van der Waals surface area contributed by atoms with Crippen molar-refractivity contribution in [3.63, 3.8) is 0 Å². The zero-order valence-electron chi connectivity index (χ0n) is 14.3. The number of amides is 1. The van der Waals surface area contributed by atoms with Gasteiger partial charge in [-0.25, -0.2) is 4.98 Å². The number of carbonyl (C=O) groups is 1. The van der Waals surface area contributed by atoms with Crippen LogP contribution in [0.2, 0.25) is 0 Å². The smallest absolute Gasteiger partial charge is 0.274 e. The second-order valence-corrected chi connectivity index (χ2v) is 6.83. The zero-order chi connectivity index (χ0) is 17.6. The number of aromatic nitrogens is 4. The van der Waals surface area contributed by atoms with E-state index < -0.39 is 6.10 Å². The number of imidazole rings is 1. The molecule has 0 radical (unpaired) electrons. The molecule has 0 spiro atoms. The molecule has 1 aliphatic heterocycles. The fourth-order valence-electron chi connectivity index (χ4n) is 3.49. The minimum absolute atomic E-state index is 0.00887. The number of likely N-dealkylation sites (tertiary alicyclic amines) is 1. The first kappa shape index (κ1) is 15.8. The predicted octanol–water partition coefficient (Wildman–Crippen LogP) is 1.35. The summed E-state index contributed by atoms with van der Waals surface area (Å²) in [6.45, 7) is 4.76. The van der Waals surface area contributed by atoms with Gasteiger partial charge in [-0.2, -0.15) is 5.10 Å². The summed E-state index contributed by atoms with van der Waals surface area (Å²) in [7, 11) is 0. The van der Waals surface area contributed by atoms with Gasteiger partial charge >= 0.3 is 0 Å². The second kappa shape index (κ2) is 6.00. The van der Waals surface area contributed by atoms with E-state index in [9.17, 15) is 9.90 Å². The first-order chi connectivity index (χ1) is 12.0. The summed E-state index contributed by atoms with van der Waals surface area (Å²) in [4.78, 5) is 18.9. The van der Waals surface area contributed by atoms with Gasteiger partial charge < -0.3 is 14.4 Å². The van der Waals surface area contributed by atoms with Gasteiger partial charge in [0, 0.05) is 37.1 Å². The van der Waals surface area contributed by atoms with Crippen molar-refractivity contribution in [2.75, 3.05) is 13.1 Å². The molecular formula is C18H21N5O2. The molecule has 0 aromatic carbocycles. The summed E-state index contributed by atoms with van der Waals surface area (Å²) in [6, 6.07) is 5.87. The van der Waals surface area contributed by atoms with Gasteiger partial charge in [-0.3, -0.25) is 9.89 Å². The van der Waals surface area contributed by atoms with Gasteiger partial charge in [-0.15, -0.1) is 0 Å². The summed E-state index contributed by atoms with van der Waals surface area (Å²) in [5, 5.41) is 17.5. The topological polar surface area (TPSA) is 86.5 Å². The van der Waals surface area contributed by atoms with E-state index in [1.807, 2.05) is 42.6 Å². The molecule has 1 saturated heterocycles. The number of hydrogen-bond acceptors (Lipinski definition) is 4. The maximum absolute atomic E-state index is 12.8. The first-order valence-electron chi connectivity index (χ1n) is 8.44. The largest absolute Gasteiger partial charge is 0.391 e. The van der Waals surface area contributed by atoms with Crippen LogP contribution in [-0.4, -0.2) is 54.7 Å². The number of fused-ring (bicyclic) bond motifs is 1. The molecule has 1 fully saturated rings. The highest BCUT2D eigenvalue weighted by atomic mass is 16.3. The van der Waals surface area contributed by atoms with E-state index in [-0.39, 0.29) is 11.8 Å². The zero-order valence-corrected chi connectivity index (χ0v) is 14.3. The maximum Gasteiger partial charge on any atom is 0.274 e.